The van der Waals surface area contributed by atoms with Gasteiger partial charge in [0.05, 0.1) is 21.1 Å². The first-order chi connectivity index (χ1) is 13.0. The zero-order chi connectivity index (χ0) is 19.0. The molecule has 0 fully saturated rings. The lowest BCUT2D eigenvalue weighted by Gasteiger charge is -2.05. The Bertz CT molecular complexity index is 1170. The van der Waals surface area contributed by atoms with Gasteiger partial charge in [-0.25, -0.2) is 4.98 Å². The maximum atomic E-state index is 12.5. The van der Waals surface area contributed by atoms with Crippen LogP contribution in [0.25, 0.3) is 22.4 Å². The van der Waals surface area contributed by atoms with Crippen LogP contribution in [-0.4, -0.2) is 15.9 Å². The number of nitrogens with one attached hydrogen (secondary N) is 2. The van der Waals surface area contributed by atoms with Gasteiger partial charge in [-0.3, -0.25) is 4.79 Å². The smallest absolute Gasteiger partial charge is 0.255 e. The number of amides is 1. The average Bonchev–Trinajstić information content (AvgIpc) is 3.07. The Balaban J connectivity index is 1.66. The molecule has 4 rings (SSSR count). The molecular formula is C20H12Cl3N3O. The standard InChI is InChI=1S/C20H12Cl3N3O/c21-12-3-1-4-13(10-12)24-20(27)11-7-8-16-17(9-11)26-19(25-16)14-5-2-6-15(22)18(14)23/h1-10H,(H,24,27)(H,25,26). The molecule has 0 aliphatic carbocycles. The van der Waals surface area contributed by atoms with Crippen LogP contribution < -0.4 is 5.32 Å². The van der Waals surface area contributed by atoms with Gasteiger partial charge < -0.3 is 10.3 Å². The molecule has 0 aliphatic heterocycles. The molecule has 4 aromatic rings. The Morgan fingerprint density at radius 1 is 0.963 bits per heavy atom. The van der Waals surface area contributed by atoms with Crippen molar-refractivity contribution in [3.8, 4) is 11.4 Å². The van der Waals surface area contributed by atoms with E-state index in [1.54, 1.807) is 54.6 Å². The van der Waals surface area contributed by atoms with Crippen molar-refractivity contribution in [2.24, 2.45) is 0 Å². The van der Waals surface area contributed by atoms with Crippen LogP contribution in [0.2, 0.25) is 15.1 Å². The van der Waals surface area contributed by atoms with E-state index in [2.05, 4.69) is 15.3 Å². The number of H-pyrrole nitrogens is 1. The largest absolute Gasteiger partial charge is 0.338 e. The van der Waals surface area contributed by atoms with Crippen LogP contribution in [0.3, 0.4) is 0 Å². The van der Waals surface area contributed by atoms with E-state index in [-0.39, 0.29) is 5.91 Å². The summed E-state index contributed by atoms with van der Waals surface area (Å²) >= 11 is 18.3. The van der Waals surface area contributed by atoms with Crippen molar-refractivity contribution >= 4 is 57.4 Å². The first-order valence-electron chi connectivity index (χ1n) is 8.02. The van der Waals surface area contributed by atoms with Gasteiger partial charge in [0.15, 0.2) is 0 Å². The molecule has 1 aromatic heterocycles. The number of carbonyl (C=O) groups is 1. The van der Waals surface area contributed by atoms with Gasteiger partial charge in [0.1, 0.15) is 5.82 Å². The van der Waals surface area contributed by atoms with E-state index >= 15 is 0 Å². The number of imidazole rings is 1. The minimum atomic E-state index is -0.240. The topological polar surface area (TPSA) is 57.8 Å². The third kappa shape index (κ3) is 3.65. The van der Waals surface area contributed by atoms with Gasteiger partial charge in [0.25, 0.3) is 5.91 Å². The fourth-order valence-corrected chi connectivity index (χ4v) is 3.31. The molecule has 1 amide bonds. The van der Waals surface area contributed by atoms with E-state index in [1.165, 1.54) is 0 Å². The van der Waals surface area contributed by atoms with Gasteiger partial charge in [-0.15, -0.1) is 0 Å². The number of rotatable bonds is 3. The van der Waals surface area contributed by atoms with Crippen molar-refractivity contribution < 1.29 is 4.79 Å². The molecule has 7 heteroatoms. The molecule has 2 N–H and O–H groups in total. The molecule has 0 radical (unpaired) electrons. The van der Waals surface area contributed by atoms with Gasteiger partial charge in [0.2, 0.25) is 0 Å². The van der Waals surface area contributed by atoms with Gasteiger partial charge in [-0.1, -0.05) is 46.9 Å². The van der Waals surface area contributed by atoms with E-state index in [4.69, 9.17) is 34.8 Å². The summed E-state index contributed by atoms with van der Waals surface area (Å²) in [4.78, 5) is 20.2. The molecule has 1 heterocycles. The average molecular weight is 417 g/mol. The lowest BCUT2D eigenvalue weighted by Crippen LogP contribution is -2.11. The number of hydrogen-bond acceptors (Lipinski definition) is 2. The van der Waals surface area contributed by atoms with Crippen molar-refractivity contribution in [1.82, 2.24) is 9.97 Å². The number of halogens is 3. The summed E-state index contributed by atoms with van der Waals surface area (Å²) in [6.07, 6.45) is 0. The van der Waals surface area contributed by atoms with E-state index in [9.17, 15) is 4.79 Å². The Morgan fingerprint density at radius 2 is 1.78 bits per heavy atom. The van der Waals surface area contributed by atoms with Crippen molar-refractivity contribution in [3.63, 3.8) is 0 Å². The molecule has 0 unspecified atom stereocenters. The van der Waals surface area contributed by atoms with Gasteiger partial charge in [-0.05, 0) is 48.5 Å². The summed E-state index contributed by atoms with van der Waals surface area (Å²) in [6, 6.07) is 17.6. The summed E-state index contributed by atoms with van der Waals surface area (Å²) in [5, 5.41) is 4.26. The number of aromatic amines is 1. The van der Waals surface area contributed by atoms with E-state index in [1.807, 2.05) is 6.07 Å². The van der Waals surface area contributed by atoms with E-state index < -0.39 is 0 Å². The van der Waals surface area contributed by atoms with Gasteiger partial charge >= 0.3 is 0 Å². The maximum Gasteiger partial charge on any atom is 0.255 e. The maximum absolute atomic E-state index is 12.5. The predicted octanol–water partition coefficient (Wildman–Crippen LogP) is 6.44. The molecule has 0 spiro atoms. The molecule has 4 nitrogen and oxygen atoms in total. The molecule has 0 bridgehead atoms. The number of nitrogens with zero attached hydrogens (tertiary/aromatic N) is 1. The van der Waals surface area contributed by atoms with Gasteiger partial charge in [-0.2, -0.15) is 0 Å². The van der Waals surface area contributed by atoms with Crippen LogP contribution >= 0.6 is 34.8 Å². The third-order valence-corrected chi connectivity index (χ3v) is 5.09. The number of fused-ring (bicyclic) bond motifs is 1. The lowest BCUT2D eigenvalue weighted by molar-refractivity contribution is 0.102. The fourth-order valence-electron chi connectivity index (χ4n) is 2.73. The van der Waals surface area contributed by atoms with E-state index in [0.29, 0.717) is 37.7 Å². The minimum Gasteiger partial charge on any atom is -0.338 e. The lowest BCUT2D eigenvalue weighted by atomic mass is 10.2. The summed E-state index contributed by atoms with van der Waals surface area (Å²) in [7, 11) is 0. The quantitative estimate of drug-likeness (QED) is 0.403. The van der Waals surface area contributed by atoms with Crippen LogP contribution in [0.5, 0.6) is 0 Å². The Kier molecular flexibility index (Phi) is 4.79. The van der Waals surface area contributed by atoms with Crippen LogP contribution in [0, 0.1) is 0 Å². The first-order valence-corrected chi connectivity index (χ1v) is 9.16. The number of benzene rings is 3. The third-order valence-electron chi connectivity index (χ3n) is 4.03. The zero-order valence-corrected chi connectivity index (χ0v) is 16.0. The molecule has 0 atom stereocenters. The highest BCUT2D eigenvalue weighted by molar-refractivity contribution is 6.43. The number of aromatic nitrogens is 2. The molecular weight excluding hydrogens is 405 g/mol. The van der Waals surface area contributed by atoms with Crippen LogP contribution in [0.1, 0.15) is 10.4 Å². The highest BCUT2D eigenvalue weighted by atomic mass is 35.5. The Labute approximate surface area is 170 Å². The Morgan fingerprint density at radius 3 is 2.59 bits per heavy atom. The molecule has 0 aliphatic rings. The minimum absolute atomic E-state index is 0.240. The monoisotopic (exact) mass is 415 g/mol. The highest BCUT2D eigenvalue weighted by Gasteiger charge is 2.13. The first kappa shape index (κ1) is 17.9. The van der Waals surface area contributed by atoms with Crippen LogP contribution in [0.15, 0.2) is 60.7 Å². The molecule has 0 saturated carbocycles. The Hall–Kier alpha value is -2.53. The molecule has 27 heavy (non-hydrogen) atoms. The van der Waals surface area contributed by atoms with Gasteiger partial charge in [0, 0.05) is 21.8 Å². The normalized spacial score (nSPS) is 10.9. The summed E-state index contributed by atoms with van der Waals surface area (Å²) in [5.41, 5.74) is 3.27. The SMILES string of the molecule is O=C(Nc1cccc(Cl)c1)c1ccc2nc(-c3cccc(Cl)c3Cl)[nH]c2c1. The summed E-state index contributed by atoms with van der Waals surface area (Å²) in [5.74, 6) is 0.348. The van der Waals surface area contributed by atoms with Crippen LogP contribution in [-0.2, 0) is 0 Å². The second kappa shape index (κ2) is 7.24. The second-order valence-corrected chi connectivity index (χ2v) is 7.10. The number of carbonyl (C=O) groups excluding carboxylic acids is 1. The predicted molar refractivity (Wildman–Crippen MR) is 111 cm³/mol. The highest BCUT2D eigenvalue weighted by Crippen LogP contribution is 2.33. The second-order valence-electron chi connectivity index (χ2n) is 5.88. The van der Waals surface area contributed by atoms with Crippen molar-refractivity contribution in [2.45, 2.75) is 0 Å². The molecule has 3 aromatic carbocycles. The number of hydrogen-bond donors (Lipinski definition) is 2. The summed E-state index contributed by atoms with van der Waals surface area (Å²) in [6.45, 7) is 0. The molecule has 134 valence electrons. The molecule has 0 saturated heterocycles. The van der Waals surface area contributed by atoms with Crippen molar-refractivity contribution in [2.75, 3.05) is 5.32 Å². The summed E-state index contributed by atoms with van der Waals surface area (Å²) < 4.78 is 0. The van der Waals surface area contributed by atoms with E-state index in [0.717, 1.165) is 11.0 Å². The fraction of sp³-hybridized carbons (Fsp3) is 0. The number of anilines is 1. The zero-order valence-electron chi connectivity index (χ0n) is 13.8. The van der Waals surface area contributed by atoms with Crippen LogP contribution in [0.4, 0.5) is 5.69 Å². The van der Waals surface area contributed by atoms with Crippen molar-refractivity contribution in [3.05, 3.63) is 81.3 Å². The van der Waals surface area contributed by atoms with Crippen molar-refractivity contribution in [1.29, 1.82) is 0 Å².